The van der Waals surface area contributed by atoms with Crippen LogP contribution in [0.25, 0.3) is 0 Å². The van der Waals surface area contributed by atoms with Gasteiger partial charge in [0.15, 0.2) is 0 Å². The van der Waals surface area contributed by atoms with Crippen LogP contribution >= 0.6 is 0 Å². The van der Waals surface area contributed by atoms with E-state index in [2.05, 4.69) is 0 Å². The van der Waals surface area contributed by atoms with Gasteiger partial charge >= 0.3 is 5.97 Å². The van der Waals surface area contributed by atoms with Crippen molar-refractivity contribution in [2.45, 2.75) is 19.8 Å². The molecule has 0 spiro atoms. The number of rotatable bonds is 3. The van der Waals surface area contributed by atoms with Crippen molar-refractivity contribution in [1.29, 1.82) is 0 Å². The van der Waals surface area contributed by atoms with Crippen LogP contribution in [0, 0.1) is 5.82 Å². The van der Waals surface area contributed by atoms with Gasteiger partial charge in [-0.25, -0.2) is 4.39 Å². The van der Waals surface area contributed by atoms with Crippen molar-refractivity contribution in [2.24, 2.45) is 0 Å². The summed E-state index contributed by atoms with van der Waals surface area (Å²) in [6.45, 7) is 1.81. The molecule has 0 atom stereocenters. The summed E-state index contributed by atoms with van der Waals surface area (Å²) in [7, 11) is 0. The summed E-state index contributed by atoms with van der Waals surface area (Å²) in [6, 6.07) is 4.53. The second kappa shape index (κ2) is 4.03. The SMILES string of the molecule is CCc1c(F)cccc1CC(=O)O. The van der Waals surface area contributed by atoms with E-state index in [4.69, 9.17) is 5.11 Å². The van der Waals surface area contributed by atoms with E-state index in [1.54, 1.807) is 6.07 Å². The highest BCUT2D eigenvalue weighted by molar-refractivity contribution is 5.70. The van der Waals surface area contributed by atoms with Crippen molar-refractivity contribution >= 4 is 5.97 Å². The number of benzene rings is 1. The molecule has 0 radical (unpaired) electrons. The first kappa shape index (κ1) is 9.71. The molecular formula is C10H11FO2. The summed E-state index contributed by atoms with van der Waals surface area (Å²) < 4.78 is 13.1. The van der Waals surface area contributed by atoms with Crippen molar-refractivity contribution in [3.63, 3.8) is 0 Å². The molecule has 0 saturated carbocycles. The molecule has 1 aromatic rings. The molecule has 0 aliphatic heterocycles. The van der Waals surface area contributed by atoms with Gasteiger partial charge in [-0.05, 0) is 23.6 Å². The predicted molar refractivity (Wildman–Crippen MR) is 47.1 cm³/mol. The van der Waals surface area contributed by atoms with E-state index in [1.165, 1.54) is 12.1 Å². The van der Waals surface area contributed by atoms with Crippen LogP contribution in [-0.4, -0.2) is 11.1 Å². The molecule has 0 aromatic heterocycles. The Bertz CT molecular complexity index is 321. The first-order valence-corrected chi connectivity index (χ1v) is 4.13. The van der Waals surface area contributed by atoms with Gasteiger partial charge in [0.25, 0.3) is 0 Å². The Kier molecular flexibility index (Phi) is 3.01. The van der Waals surface area contributed by atoms with Crippen LogP contribution in [0.5, 0.6) is 0 Å². The van der Waals surface area contributed by atoms with Crippen LogP contribution < -0.4 is 0 Å². The fourth-order valence-corrected chi connectivity index (χ4v) is 1.33. The van der Waals surface area contributed by atoms with Crippen molar-refractivity contribution in [1.82, 2.24) is 0 Å². The quantitative estimate of drug-likeness (QED) is 0.776. The molecule has 1 rings (SSSR count). The van der Waals surface area contributed by atoms with Crippen LogP contribution in [0.4, 0.5) is 4.39 Å². The Labute approximate surface area is 76.0 Å². The standard InChI is InChI=1S/C10H11FO2/c1-2-8-7(6-10(12)13)4-3-5-9(8)11/h3-5H,2,6H2,1H3,(H,12,13). The van der Waals surface area contributed by atoms with Crippen LogP contribution in [0.3, 0.4) is 0 Å². The van der Waals surface area contributed by atoms with Gasteiger partial charge in [0, 0.05) is 0 Å². The zero-order valence-corrected chi connectivity index (χ0v) is 7.38. The molecule has 3 heteroatoms. The van der Waals surface area contributed by atoms with Crippen molar-refractivity contribution in [2.75, 3.05) is 0 Å². The van der Waals surface area contributed by atoms with E-state index in [0.29, 0.717) is 17.5 Å². The number of aliphatic carboxylic acids is 1. The van der Waals surface area contributed by atoms with Crippen molar-refractivity contribution < 1.29 is 14.3 Å². The van der Waals surface area contributed by atoms with Gasteiger partial charge in [0.2, 0.25) is 0 Å². The second-order valence-corrected chi connectivity index (χ2v) is 2.80. The van der Waals surface area contributed by atoms with Gasteiger partial charge in [-0.15, -0.1) is 0 Å². The Balaban J connectivity index is 3.05. The minimum atomic E-state index is -0.930. The summed E-state index contributed by atoms with van der Waals surface area (Å²) in [6.07, 6.45) is 0.413. The molecule has 2 nitrogen and oxygen atoms in total. The van der Waals surface area contributed by atoms with Gasteiger partial charge in [0.05, 0.1) is 6.42 Å². The lowest BCUT2D eigenvalue weighted by molar-refractivity contribution is -0.136. The van der Waals surface area contributed by atoms with E-state index < -0.39 is 5.97 Å². The number of hydrogen-bond acceptors (Lipinski definition) is 1. The molecule has 0 unspecified atom stereocenters. The summed E-state index contributed by atoms with van der Waals surface area (Å²) in [5.41, 5.74) is 1.07. The number of hydrogen-bond donors (Lipinski definition) is 1. The molecule has 70 valence electrons. The van der Waals surface area contributed by atoms with Crippen LogP contribution in [-0.2, 0) is 17.6 Å². The first-order valence-electron chi connectivity index (χ1n) is 4.13. The largest absolute Gasteiger partial charge is 0.481 e. The summed E-state index contributed by atoms with van der Waals surface area (Å²) >= 11 is 0. The minimum Gasteiger partial charge on any atom is -0.481 e. The normalized spacial score (nSPS) is 10.0. The minimum absolute atomic E-state index is 0.110. The maximum absolute atomic E-state index is 13.1. The maximum atomic E-state index is 13.1. The Morgan fingerprint density at radius 1 is 1.54 bits per heavy atom. The van der Waals surface area contributed by atoms with Crippen LogP contribution in [0.1, 0.15) is 18.1 Å². The van der Waals surface area contributed by atoms with Gasteiger partial charge in [0.1, 0.15) is 5.82 Å². The van der Waals surface area contributed by atoms with E-state index in [1.807, 2.05) is 6.92 Å². The second-order valence-electron chi connectivity index (χ2n) is 2.80. The molecule has 0 heterocycles. The zero-order valence-electron chi connectivity index (χ0n) is 7.38. The van der Waals surface area contributed by atoms with Crippen LogP contribution in [0.15, 0.2) is 18.2 Å². The van der Waals surface area contributed by atoms with Crippen molar-refractivity contribution in [3.05, 3.63) is 35.1 Å². The molecule has 13 heavy (non-hydrogen) atoms. The molecule has 0 bridgehead atoms. The molecule has 0 aliphatic rings. The van der Waals surface area contributed by atoms with E-state index >= 15 is 0 Å². The van der Waals surface area contributed by atoms with Gasteiger partial charge in [-0.1, -0.05) is 19.1 Å². The summed E-state index contributed by atoms with van der Waals surface area (Å²) in [4.78, 5) is 10.4. The molecule has 0 aliphatic carbocycles. The van der Waals surface area contributed by atoms with E-state index in [0.717, 1.165) is 0 Å². The fourth-order valence-electron chi connectivity index (χ4n) is 1.33. The first-order chi connectivity index (χ1) is 6.15. The zero-order chi connectivity index (χ0) is 9.84. The number of carbonyl (C=O) groups is 1. The average Bonchev–Trinajstić information content (AvgIpc) is 2.03. The number of carboxylic acids is 1. The van der Waals surface area contributed by atoms with Gasteiger partial charge in [-0.2, -0.15) is 0 Å². The van der Waals surface area contributed by atoms with Gasteiger partial charge in [-0.3, -0.25) is 4.79 Å². The highest BCUT2D eigenvalue weighted by Crippen LogP contribution is 2.14. The maximum Gasteiger partial charge on any atom is 0.307 e. The van der Waals surface area contributed by atoms with Gasteiger partial charge < -0.3 is 5.11 Å². The highest BCUT2D eigenvalue weighted by Gasteiger charge is 2.08. The third kappa shape index (κ3) is 2.28. The molecular weight excluding hydrogens is 171 g/mol. The molecule has 1 aromatic carbocycles. The summed E-state index contributed by atoms with van der Waals surface area (Å²) in [5.74, 6) is -1.25. The lowest BCUT2D eigenvalue weighted by Crippen LogP contribution is -2.04. The fraction of sp³-hybridized carbons (Fsp3) is 0.300. The topological polar surface area (TPSA) is 37.3 Å². The third-order valence-corrected chi connectivity index (χ3v) is 1.91. The predicted octanol–water partition coefficient (Wildman–Crippen LogP) is 2.02. The lowest BCUT2D eigenvalue weighted by Gasteiger charge is -2.05. The number of halogens is 1. The molecule has 0 fully saturated rings. The highest BCUT2D eigenvalue weighted by atomic mass is 19.1. The monoisotopic (exact) mass is 182 g/mol. The van der Waals surface area contributed by atoms with Crippen molar-refractivity contribution in [3.8, 4) is 0 Å². The van der Waals surface area contributed by atoms with Crippen LogP contribution in [0.2, 0.25) is 0 Å². The Hall–Kier alpha value is -1.38. The smallest absolute Gasteiger partial charge is 0.307 e. The summed E-state index contributed by atoms with van der Waals surface area (Å²) in [5, 5.41) is 8.56. The average molecular weight is 182 g/mol. The third-order valence-electron chi connectivity index (χ3n) is 1.91. The lowest BCUT2D eigenvalue weighted by atomic mass is 10.0. The van der Waals surface area contributed by atoms with E-state index in [-0.39, 0.29) is 12.2 Å². The van der Waals surface area contributed by atoms with E-state index in [9.17, 15) is 9.18 Å². The Morgan fingerprint density at radius 2 is 2.23 bits per heavy atom. The molecule has 0 saturated heterocycles. The number of carboxylic acid groups (broad SMARTS) is 1. The Morgan fingerprint density at radius 3 is 2.77 bits per heavy atom. The molecule has 1 N–H and O–H groups in total. The molecule has 0 amide bonds.